The van der Waals surface area contributed by atoms with Gasteiger partial charge in [-0.15, -0.1) is 0 Å². The van der Waals surface area contributed by atoms with E-state index in [1.54, 1.807) is 0 Å². The van der Waals surface area contributed by atoms with Crippen LogP contribution >= 0.6 is 0 Å². The van der Waals surface area contributed by atoms with Crippen molar-refractivity contribution in [1.82, 2.24) is 5.32 Å². The molecule has 0 saturated heterocycles. The van der Waals surface area contributed by atoms with Crippen molar-refractivity contribution < 1.29 is 9.53 Å². The van der Waals surface area contributed by atoms with E-state index >= 15 is 0 Å². The fourth-order valence-electron chi connectivity index (χ4n) is 2.04. The molecule has 0 fully saturated rings. The number of fused-ring (bicyclic) bond motifs is 1. The van der Waals surface area contributed by atoms with Crippen LogP contribution in [-0.4, -0.2) is 19.6 Å². The molecule has 0 radical (unpaired) electrons. The van der Waals surface area contributed by atoms with Crippen molar-refractivity contribution in [3.05, 3.63) is 34.9 Å². The third-order valence-electron chi connectivity index (χ3n) is 2.82. The van der Waals surface area contributed by atoms with Gasteiger partial charge >= 0.3 is 5.97 Å². The molecule has 1 unspecified atom stereocenters. The van der Waals surface area contributed by atoms with E-state index in [1.807, 2.05) is 12.1 Å². The van der Waals surface area contributed by atoms with Crippen LogP contribution in [0, 0.1) is 6.92 Å². The molecule has 0 bridgehead atoms. The third-order valence-corrected chi connectivity index (χ3v) is 2.82. The molecule has 2 rings (SSSR count). The minimum atomic E-state index is -0.160. The summed E-state index contributed by atoms with van der Waals surface area (Å²) in [5.41, 5.74) is 3.53. The molecule has 1 N–H and O–H groups in total. The van der Waals surface area contributed by atoms with E-state index in [0.29, 0.717) is 6.54 Å². The molecule has 15 heavy (non-hydrogen) atoms. The lowest BCUT2D eigenvalue weighted by Crippen LogP contribution is -2.33. The Bertz CT molecular complexity index is 387. The molecule has 1 aromatic rings. The van der Waals surface area contributed by atoms with Gasteiger partial charge in [-0.2, -0.15) is 0 Å². The van der Waals surface area contributed by atoms with E-state index in [4.69, 9.17) is 4.74 Å². The number of methoxy groups -OCH3 is 1. The van der Waals surface area contributed by atoms with Crippen LogP contribution in [0.3, 0.4) is 0 Å². The van der Waals surface area contributed by atoms with E-state index in [2.05, 4.69) is 18.3 Å². The highest BCUT2D eigenvalue weighted by atomic mass is 16.5. The first-order valence-corrected chi connectivity index (χ1v) is 5.10. The van der Waals surface area contributed by atoms with Crippen molar-refractivity contribution in [1.29, 1.82) is 0 Å². The van der Waals surface area contributed by atoms with E-state index in [0.717, 1.165) is 12.1 Å². The molecule has 80 valence electrons. The van der Waals surface area contributed by atoms with Gasteiger partial charge in [0.15, 0.2) is 0 Å². The molecule has 1 heterocycles. The summed E-state index contributed by atoms with van der Waals surface area (Å²) in [6.45, 7) is 3.56. The normalized spacial score (nSPS) is 19.5. The number of nitrogens with one attached hydrogen (secondary N) is 1. The summed E-state index contributed by atoms with van der Waals surface area (Å²) >= 11 is 0. The van der Waals surface area contributed by atoms with Gasteiger partial charge in [-0.1, -0.05) is 23.8 Å². The van der Waals surface area contributed by atoms with Gasteiger partial charge in [0.2, 0.25) is 0 Å². The second-order valence-electron chi connectivity index (χ2n) is 3.91. The van der Waals surface area contributed by atoms with Crippen LogP contribution in [0.25, 0.3) is 0 Å². The van der Waals surface area contributed by atoms with Gasteiger partial charge in [0.05, 0.1) is 13.0 Å². The molecule has 0 amide bonds. The summed E-state index contributed by atoms with van der Waals surface area (Å²) in [6.07, 6.45) is 0. The van der Waals surface area contributed by atoms with E-state index < -0.39 is 0 Å². The largest absolute Gasteiger partial charge is 0.469 e. The monoisotopic (exact) mass is 205 g/mol. The lowest BCUT2D eigenvalue weighted by atomic mass is 9.90. The SMILES string of the molecule is COC(=O)C1CNCc2cc(C)ccc21. The van der Waals surface area contributed by atoms with Crippen LogP contribution in [0.2, 0.25) is 0 Å². The molecule has 1 aliphatic heterocycles. The molecule has 1 aliphatic rings. The van der Waals surface area contributed by atoms with Gasteiger partial charge in [-0.3, -0.25) is 4.79 Å². The minimum Gasteiger partial charge on any atom is -0.469 e. The number of esters is 1. The Kier molecular flexibility index (Phi) is 2.73. The van der Waals surface area contributed by atoms with Crippen LogP contribution in [0.15, 0.2) is 18.2 Å². The van der Waals surface area contributed by atoms with E-state index in [9.17, 15) is 4.79 Å². The van der Waals surface area contributed by atoms with Crippen LogP contribution in [0.4, 0.5) is 0 Å². The van der Waals surface area contributed by atoms with Crippen LogP contribution in [0.5, 0.6) is 0 Å². The van der Waals surface area contributed by atoms with Crippen LogP contribution < -0.4 is 5.32 Å². The molecule has 1 aromatic carbocycles. The Labute approximate surface area is 89.4 Å². The van der Waals surface area contributed by atoms with Crippen molar-refractivity contribution in [2.45, 2.75) is 19.4 Å². The smallest absolute Gasteiger partial charge is 0.314 e. The van der Waals surface area contributed by atoms with Gasteiger partial charge in [-0.05, 0) is 18.1 Å². The summed E-state index contributed by atoms with van der Waals surface area (Å²) < 4.78 is 4.80. The molecule has 0 spiro atoms. The third kappa shape index (κ3) is 1.88. The Morgan fingerprint density at radius 2 is 2.33 bits per heavy atom. The van der Waals surface area contributed by atoms with Crippen molar-refractivity contribution in [3.8, 4) is 0 Å². The number of aryl methyl sites for hydroxylation is 1. The second-order valence-corrected chi connectivity index (χ2v) is 3.91. The highest BCUT2D eigenvalue weighted by Gasteiger charge is 2.26. The number of carbonyl (C=O) groups excluding carboxylic acids is 1. The number of rotatable bonds is 1. The van der Waals surface area contributed by atoms with Crippen LogP contribution in [-0.2, 0) is 16.1 Å². The van der Waals surface area contributed by atoms with E-state index in [-0.39, 0.29) is 11.9 Å². The summed E-state index contributed by atoms with van der Waals surface area (Å²) in [5, 5.41) is 3.23. The summed E-state index contributed by atoms with van der Waals surface area (Å²) in [7, 11) is 1.44. The van der Waals surface area contributed by atoms with Crippen molar-refractivity contribution >= 4 is 5.97 Å². The lowest BCUT2D eigenvalue weighted by molar-refractivity contribution is -0.142. The number of benzene rings is 1. The first-order valence-electron chi connectivity index (χ1n) is 5.10. The standard InChI is InChI=1S/C12H15NO2/c1-8-3-4-10-9(5-8)6-13-7-11(10)12(14)15-2/h3-5,11,13H,6-7H2,1-2H3. The Morgan fingerprint density at radius 3 is 3.07 bits per heavy atom. The number of carbonyl (C=O) groups is 1. The molecular formula is C12H15NO2. The zero-order chi connectivity index (χ0) is 10.8. The predicted octanol–water partition coefficient (Wildman–Crippen LogP) is 1.35. The molecule has 3 nitrogen and oxygen atoms in total. The highest BCUT2D eigenvalue weighted by molar-refractivity contribution is 5.79. The number of hydrogen-bond acceptors (Lipinski definition) is 3. The quantitative estimate of drug-likeness (QED) is 0.703. The summed E-state index contributed by atoms with van der Waals surface area (Å²) in [4.78, 5) is 11.6. The van der Waals surface area contributed by atoms with Gasteiger partial charge < -0.3 is 10.1 Å². The zero-order valence-electron chi connectivity index (χ0n) is 9.04. The van der Waals surface area contributed by atoms with Gasteiger partial charge in [0.25, 0.3) is 0 Å². The summed E-state index contributed by atoms with van der Waals surface area (Å²) in [5.74, 6) is -0.313. The second kappa shape index (κ2) is 4.03. The number of ether oxygens (including phenoxy) is 1. The fraction of sp³-hybridized carbons (Fsp3) is 0.417. The fourth-order valence-corrected chi connectivity index (χ4v) is 2.04. The van der Waals surface area contributed by atoms with Gasteiger partial charge in [0, 0.05) is 13.1 Å². The maximum atomic E-state index is 11.6. The summed E-state index contributed by atoms with van der Waals surface area (Å²) in [6, 6.07) is 6.20. The van der Waals surface area contributed by atoms with Crippen molar-refractivity contribution in [2.24, 2.45) is 0 Å². The predicted molar refractivity (Wildman–Crippen MR) is 57.6 cm³/mol. The Hall–Kier alpha value is -1.35. The molecule has 3 heteroatoms. The van der Waals surface area contributed by atoms with E-state index in [1.165, 1.54) is 18.2 Å². The molecule has 0 aliphatic carbocycles. The molecule has 0 saturated carbocycles. The molecular weight excluding hydrogens is 190 g/mol. The zero-order valence-corrected chi connectivity index (χ0v) is 9.04. The topological polar surface area (TPSA) is 38.3 Å². The molecule has 0 aromatic heterocycles. The molecule has 1 atom stereocenters. The lowest BCUT2D eigenvalue weighted by Gasteiger charge is -2.24. The highest BCUT2D eigenvalue weighted by Crippen LogP contribution is 2.25. The Morgan fingerprint density at radius 1 is 1.53 bits per heavy atom. The minimum absolute atomic E-state index is 0.153. The van der Waals surface area contributed by atoms with Crippen LogP contribution in [0.1, 0.15) is 22.6 Å². The first-order chi connectivity index (χ1) is 7.22. The maximum Gasteiger partial charge on any atom is 0.314 e. The van der Waals surface area contributed by atoms with Crippen molar-refractivity contribution in [3.63, 3.8) is 0 Å². The average molecular weight is 205 g/mol. The van der Waals surface area contributed by atoms with Gasteiger partial charge in [-0.25, -0.2) is 0 Å². The maximum absolute atomic E-state index is 11.6. The first kappa shape index (κ1) is 10.2. The van der Waals surface area contributed by atoms with Crippen molar-refractivity contribution in [2.75, 3.05) is 13.7 Å². The number of hydrogen-bond donors (Lipinski definition) is 1. The Balaban J connectivity index is 2.38. The van der Waals surface area contributed by atoms with Gasteiger partial charge in [0.1, 0.15) is 0 Å². The average Bonchev–Trinajstić information content (AvgIpc) is 2.26.